The Bertz CT molecular complexity index is 1040. The first kappa shape index (κ1) is 21.8. The molecule has 3 aromatic carbocycles. The summed E-state index contributed by atoms with van der Waals surface area (Å²) in [7, 11) is 3.21. The molecule has 0 aliphatic rings. The van der Waals surface area contributed by atoms with Crippen molar-refractivity contribution < 1.29 is 22.6 Å². The molecule has 0 heterocycles. The number of rotatable bonds is 6. The summed E-state index contributed by atoms with van der Waals surface area (Å²) < 4.78 is 50.2. The second-order valence-electron chi connectivity index (χ2n) is 7.45. The lowest BCUT2D eigenvalue weighted by atomic mass is 9.94. The molecule has 158 valence electrons. The van der Waals surface area contributed by atoms with Crippen LogP contribution in [-0.4, -0.2) is 14.2 Å². The lowest BCUT2D eigenvalue weighted by molar-refractivity contribution is -0.138. The Kier molecular flexibility index (Phi) is 6.40. The number of methoxy groups -OCH3 is 2. The average Bonchev–Trinajstić information content (AvgIpc) is 2.70. The van der Waals surface area contributed by atoms with Gasteiger partial charge in [-0.2, -0.15) is 13.2 Å². The predicted octanol–water partition coefficient (Wildman–Crippen LogP) is 6.52. The van der Waals surface area contributed by atoms with E-state index in [1.807, 2.05) is 37.3 Å². The molecule has 5 heteroatoms. The number of ether oxygens (including phenoxy) is 2. The highest BCUT2D eigenvalue weighted by Gasteiger charge is 2.32. The molecule has 3 aromatic rings. The number of benzene rings is 3. The monoisotopic (exact) mass is 414 g/mol. The third-order valence-electron chi connectivity index (χ3n) is 5.27. The molecule has 0 aliphatic carbocycles. The molecule has 0 N–H and O–H groups in total. The summed E-state index contributed by atoms with van der Waals surface area (Å²) in [4.78, 5) is 0. The van der Waals surface area contributed by atoms with E-state index < -0.39 is 11.7 Å². The summed E-state index contributed by atoms with van der Waals surface area (Å²) in [6, 6.07) is 16.5. The summed E-state index contributed by atoms with van der Waals surface area (Å²) in [5.74, 6) is 1.37. The van der Waals surface area contributed by atoms with Gasteiger partial charge in [0, 0.05) is 0 Å². The third kappa shape index (κ3) is 4.96. The van der Waals surface area contributed by atoms with Gasteiger partial charge < -0.3 is 9.47 Å². The molecule has 0 saturated heterocycles. The first-order valence-corrected chi connectivity index (χ1v) is 9.67. The molecule has 0 atom stereocenters. The van der Waals surface area contributed by atoms with Gasteiger partial charge in [0.05, 0.1) is 19.8 Å². The molecule has 30 heavy (non-hydrogen) atoms. The van der Waals surface area contributed by atoms with Gasteiger partial charge in [-0.25, -0.2) is 0 Å². The SMILES string of the molecule is COc1ccc(Cc2ccc(Cc3ccc(C)c(C(F)(F)F)c3)c(C)c2)cc1OC. The van der Waals surface area contributed by atoms with E-state index in [9.17, 15) is 13.2 Å². The molecule has 0 bridgehead atoms. The van der Waals surface area contributed by atoms with Crippen molar-refractivity contribution in [3.8, 4) is 11.5 Å². The number of hydrogen-bond acceptors (Lipinski definition) is 2. The van der Waals surface area contributed by atoms with Crippen molar-refractivity contribution in [2.45, 2.75) is 32.9 Å². The van der Waals surface area contributed by atoms with Crippen LogP contribution < -0.4 is 9.47 Å². The number of aryl methyl sites for hydroxylation is 2. The van der Waals surface area contributed by atoms with Crippen LogP contribution in [0.1, 0.15) is 38.9 Å². The minimum absolute atomic E-state index is 0.244. The van der Waals surface area contributed by atoms with Gasteiger partial charge in [-0.1, -0.05) is 36.4 Å². The highest BCUT2D eigenvalue weighted by Crippen LogP contribution is 2.33. The van der Waals surface area contributed by atoms with Gasteiger partial charge in [0.15, 0.2) is 11.5 Å². The van der Waals surface area contributed by atoms with E-state index in [0.717, 1.165) is 28.7 Å². The summed E-state index contributed by atoms with van der Waals surface area (Å²) >= 11 is 0. The van der Waals surface area contributed by atoms with Crippen molar-refractivity contribution >= 4 is 0 Å². The minimum atomic E-state index is -4.33. The quantitative estimate of drug-likeness (QED) is 0.457. The van der Waals surface area contributed by atoms with Crippen LogP contribution in [-0.2, 0) is 19.0 Å². The summed E-state index contributed by atoms with van der Waals surface area (Å²) in [5.41, 5.74) is 4.63. The zero-order valence-electron chi connectivity index (χ0n) is 17.6. The lowest BCUT2D eigenvalue weighted by Gasteiger charge is -2.14. The van der Waals surface area contributed by atoms with Crippen molar-refractivity contribution in [3.63, 3.8) is 0 Å². The fourth-order valence-corrected chi connectivity index (χ4v) is 3.60. The van der Waals surface area contributed by atoms with Crippen molar-refractivity contribution in [2.75, 3.05) is 14.2 Å². The van der Waals surface area contributed by atoms with Crippen LogP contribution in [0.2, 0.25) is 0 Å². The Morgan fingerprint density at radius 1 is 0.667 bits per heavy atom. The first-order chi connectivity index (χ1) is 14.2. The van der Waals surface area contributed by atoms with Crippen LogP contribution in [0.3, 0.4) is 0 Å². The molecule has 0 amide bonds. The maximum atomic E-state index is 13.2. The molecule has 0 aromatic heterocycles. The Labute approximate surface area is 175 Å². The van der Waals surface area contributed by atoms with Crippen molar-refractivity contribution in [1.82, 2.24) is 0 Å². The third-order valence-corrected chi connectivity index (χ3v) is 5.27. The van der Waals surface area contributed by atoms with Crippen LogP contribution in [0, 0.1) is 13.8 Å². The largest absolute Gasteiger partial charge is 0.493 e. The standard InChI is InChI=1S/C25H25F3O2/c1-16-5-6-20(14-22(16)25(26,27)28)13-21-9-7-18(11-17(21)2)12-19-8-10-23(29-3)24(15-19)30-4/h5-11,14-15H,12-13H2,1-4H3. The van der Waals surface area contributed by atoms with E-state index in [1.54, 1.807) is 26.4 Å². The van der Waals surface area contributed by atoms with E-state index in [-0.39, 0.29) is 5.56 Å². The predicted molar refractivity (Wildman–Crippen MR) is 113 cm³/mol. The van der Waals surface area contributed by atoms with Gasteiger partial charge in [-0.15, -0.1) is 0 Å². The highest BCUT2D eigenvalue weighted by molar-refractivity contribution is 5.45. The maximum Gasteiger partial charge on any atom is 0.416 e. The Morgan fingerprint density at radius 3 is 1.90 bits per heavy atom. The Hall–Kier alpha value is -2.95. The topological polar surface area (TPSA) is 18.5 Å². The van der Waals surface area contributed by atoms with Crippen LogP contribution in [0.5, 0.6) is 11.5 Å². The zero-order valence-corrected chi connectivity index (χ0v) is 17.6. The fourth-order valence-electron chi connectivity index (χ4n) is 3.60. The number of hydrogen-bond donors (Lipinski definition) is 0. The smallest absolute Gasteiger partial charge is 0.416 e. The average molecular weight is 414 g/mol. The molecule has 0 radical (unpaired) electrons. The maximum absolute atomic E-state index is 13.2. The van der Waals surface area contributed by atoms with E-state index in [1.165, 1.54) is 13.0 Å². The Morgan fingerprint density at radius 2 is 1.27 bits per heavy atom. The fraction of sp³-hybridized carbons (Fsp3) is 0.280. The lowest BCUT2D eigenvalue weighted by Crippen LogP contribution is -2.08. The van der Waals surface area contributed by atoms with Gasteiger partial charge in [0.1, 0.15) is 0 Å². The summed E-state index contributed by atoms with van der Waals surface area (Å²) in [6.07, 6.45) is -3.14. The molecule has 0 spiro atoms. The summed E-state index contributed by atoms with van der Waals surface area (Å²) in [5, 5.41) is 0. The second-order valence-corrected chi connectivity index (χ2v) is 7.45. The van der Waals surface area contributed by atoms with Gasteiger partial charge in [-0.05, 0) is 78.3 Å². The van der Waals surface area contributed by atoms with Crippen molar-refractivity contribution in [2.24, 2.45) is 0 Å². The van der Waals surface area contributed by atoms with E-state index in [2.05, 4.69) is 6.07 Å². The highest BCUT2D eigenvalue weighted by atomic mass is 19.4. The van der Waals surface area contributed by atoms with Crippen LogP contribution in [0.25, 0.3) is 0 Å². The van der Waals surface area contributed by atoms with Crippen molar-refractivity contribution in [1.29, 1.82) is 0 Å². The molecule has 3 rings (SSSR count). The van der Waals surface area contributed by atoms with Gasteiger partial charge >= 0.3 is 6.18 Å². The number of alkyl halides is 3. The van der Waals surface area contributed by atoms with Crippen LogP contribution in [0.15, 0.2) is 54.6 Å². The molecule has 0 saturated carbocycles. The van der Waals surface area contributed by atoms with E-state index >= 15 is 0 Å². The normalized spacial score (nSPS) is 11.4. The van der Waals surface area contributed by atoms with Gasteiger partial charge in [0.2, 0.25) is 0 Å². The van der Waals surface area contributed by atoms with Gasteiger partial charge in [0.25, 0.3) is 0 Å². The van der Waals surface area contributed by atoms with Crippen LogP contribution in [0.4, 0.5) is 13.2 Å². The molecule has 0 aliphatic heterocycles. The molecular formula is C25H25F3O2. The summed E-state index contributed by atoms with van der Waals surface area (Å²) in [6.45, 7) is 3.48. The molecular weight excluding hydrogens is 389 g/mol. The Balaban J connectivity index is 1.79. The molecule has 2 nitrogen and oxygen atoms in total. The molecule has 0 unspecified atom stereocenters. The number of halogens is 3. The van der Waals surface area contributed by atoms with Gasteiger partial charge in [-0.3, -0.25) is 0 Å². The van der Waals surface area contributed by atoms with Crippen LogP contribution >= 0.6 is 0 Å². The molecule has 0 fully saturated rings. The van der Waals surface area contributed by atoms with E-state index in [4.69, 9.17) is 9.47 Å². The first-order valence-electron chi connectivity index (χ1n) is 9.67. The van der Waals surface area contributed by atoms with E-state index in [0.29, 0.717) is 23.5 Å². The zero-order chi connectivity index (χ0) is 21.9. The second kappa shape index (κ2) is 8.82. The van der Waals surface area contributed by atoms with Crippen molar-refractivity contribution in [3.05, 3.63) is 93.5 Å². The minimum Gasteiger partial charge on any atom is -0.493 e.